The first-order chi connectivity index (χ1) is 16.1. The number of hydrogen-bond donors (Lipinski definition) is 2. The number of nitrogens with one attached hydrogen (secondary N) is 1. The first kappa shape index (κ1) is 21.3. The van der Waals surface area contributed by atoms with E-state index in [-0.39, 0.29) is 12.5 Å². The number of nitrogens with two attached hydrogens (primary N) is 1. The molecule has 0 aliphatic heterocycles. The van der Waals surface area contributed by atoms with E-state index in [2.05, 4.69) is 5.32 Å². The molecule has 33 heavy (non-hydrogen) atoms. The van der Waals surface area contributed by atoms with E-state index in [0.717, 1.165) is 58.3 Å². The van der Waals surface area contributed by atoms with Crippen LogP contribution in [0.5, 0.6) is 5.75 Å². The van der Waals surface area contributed by atoms with Gasteiger partial charge in [0.05, 0.1) is 11.1 Å². The minimum atomic E-state index is -0.476. The van der Waals surface area contributed by atoms with E-state index in [1.54, 1.807) is 0 Å². The fraction of sp³-hybridized carbons (Fsp3) is 0.231. The number of anilines is 1. The molecular weight excluding hydrogens is 434 g/mol. The quantitative estimate of drug-likeness (QED) is 0.412. The fourth-order valence-electron chi connectivity index (χ4n) is 4.43. The van der Waals surface area contributed by atoms with Crippen molar-refractivity contribution < 1.29 is 14.3 Å². The van der Waals surface area contributed by atoms with E-state index < -0.39 is 5.91 Å². The average Bonchev–Trinajstić information content (AvgIpc) is 3.39. The van der Waals surface area contributed by atoms with Gasteiger partial charge >= 0.3 is 0 Å². The third kappa shape index (κ3) is 4.36. The maximum Gasteiger partial charge on any atom is 0.251 e. The summed E-state index contributed by atoms with van der Waals surface area (Å²) in [4.78, 5) is 26.2. The summed E-state index contributed by atoms with van der Waals surface area (Å²) in [7, 11) is 0. The number of aromatic nitrogens is 1. The number of thiophene rings is 1. The first-order valence-electron chi connectivity index (χ1n) is 11.1. The van der Waals surface area contributed by atoms with Crippen LogP contribution in [0.1, 0.15) is 39.2 Å². The minimum Gasteiger partial charge on any atom is -0.488 e. The molecule has 2 heterocycles. The number of nitrogens with zero attached hydrogens (tertiary/aromatic N) is 1. The number of carbonyl (C=O) groups is 2. The molecule has 0 bridgehead atoms. The first-order valence-corrected chi connectivity index (χ1v) is 11.9. The molecule has 0 spiro atoms. The second-order valence-corrected chi connectivity index (χ2v) is 9.34. The number of rotatable bonds is 7. The largest absolute Gasteiger partial charge is 0.488 e. The van der Waals surface area contributed by atoms with E-state index in [1.165, 1.54) is 11.3 Å². The minimum absolute atomic E-state index is 0.131. The van der Waals surface area contributed by atoms with Gasteiger partial charge in [-0.2, -0.15) is 0 Å². The molecule has 6 nitrogen and oxygen atoms in total. The monoisotopic (exact) mass is 459 g/mol. The molecule has 4 aromatic rings. The second-order valence-electron chi connectivity index (χ2n) is 8.23. The Kier molecular flexibility index (Phi) is 5.88. The van der Waals surface area contributed by atoms with Crippen molar-refractivity contribution in [2.24, 2.45) is 5.73 Å². The summed E-state index contributed by atoms with van der Waals surface area (Å²) in [5.74, 6) is 0.109. The summed E-state index contributed by atoms with van der Waals surface area (Å²) in [6.45, 7) is 0.608. The van der Waals surface area contributed by atoms with Crippen LogP contribution in [0.15, 0.2) is 60.8 Å². The summed E-state index contributed by atoms with van der Waals surface area (Å²) >= 11 is 1.48. The molecule has 0 saturated heterocycles. The van der Waals surface area contributed by atoms with Gasteiger partial charge in [-0.05, 0) is 55.0 Å². The zero-order chi connectivity index (χ0) is 22.8. The molecule has 5 rings (SSSR count). The molecule has 0 saturated carbocycles. The van der Waals surface area contributed by atoms with E-state index in [0.29, 0.717) is 17.2 Å². The molecule has 0 radical (unpaired) electrons. The number of carbonyl (C=O) groups excluding carboxylic acids is 2. The van der Waals surface area contributed by atoms with Crippen molar-refractivity contribution in [3.05, 3.63) is 82.4 Å². The smallest absolute Gasteiger partial charge is 0.251 e. The van der Waals surface area contributed by atoms with Gasteiger partial charge in [-0.25, -0.2) is 0 Å². The van der Waals surface area contributed by atoms with Gasteiger partial charge in [0.1, 0.15) is 23.9 Å². The van der Waals surface area contributed by atoms with Crippen LogP contribution >= 0.6 is 11.3 Å². The highest BCUT2D eigenvalue weighted by atomic mass is 32.1. The van der Waals surface area contributed by atoms with E-state index in [9.17, 15) is 9.59 Å². The Bertz CT molecular complexity index is 1320. The highest BCUT2D eigenvalue weighted by Crippen LogP contribution is 2.38. The van der Waals surface area contributed by atoms with E-state index in [4.69, 9.17) is 10.5 Å². The molecule has 168 valence electrons. The lowest BCUT2D eigenvalue weighted by Gasteiger charge is -2.11. The maximum atomic E-state index is 12.9. The normalized spacial score (nSPS) is 13.0. The molecule has 2 amide bonds. The van der Waals surface area contributed by atoms with Crippen molar-refractivity contribution >= 4 is 39.1 Å². The Hall–Kier alpha value is -3.58. The van der Waals surface area contributed by atoms with Gasteiger partial charge in [0.15, 0.2) is 0 Å². The molecule has 1 aliphatic carbocycles. The van der Waals surface area contributed by atoms with Crippen molar-refractivity contribution in [1.82, 2.24) is 4.57 Å². The van der Waals surface area contributed by atoms with Gasteiger partial charge < -0.3 is 20.4 Å². The number of primary amides is 1. The fourth-order valence-corrected chi connectivity index (χ4v) is 5.74. The highest BCUT2D eigenvalue weighted by molar-refractivity contribution is 7.17. The van der Waals surface area contributed by atoms with Crippen molar-refractivity contribution in [2.45, 2.75) is 38.8 Å². The summed E-state index contributed by atoms with van der Waals surface area (Å²) in [5, 5.41) is 4.46. The van der Waals surface area contributed by atoms with Gasteiger partial charge in [0, 0.05) is 16.5 Å². The molecule has 1 aliphatic rings. The van der Waals surface area contributed by atoms with Crippen molar-refractivity contribution in [2.75, 3.05) is 5.32 Å². The average molecular weight is 460 g/mol. The Morgan fingerprint density at radius 3 is 2.67 bits per heavy atom. The van der Waals surface area contributed by atoms with Gasteiger partial charge in [-0.3, -0.25) is 9.59 Å². The van der Waals surface area contributed by atoms with Gasteiger partial charge in [-0.1, -0.05) is 36.4 Å². The Balaban J connectivity index is 1.33. The number of amides is 2. The number of hydrogen-bond acceptors (Lipinski definition) is 4. The molecule has 3 N–H and O–H groups in total. The molecular formula is C26H25N3O3S. The molecule has 0 atom stereocenters. The number of ether oxygens (including phenoxy) is 1. The maximum absolute atomic E-state index is 12.9. The van der Waals surface area contributed by atoms with Crippen LogP contribution in [0.3, 0.4) is 0 Å². The number of fused-ring (bicyclic) bond motifs is 2. The molecule has 7 heteroatoms. The van der Waals surface area contributed by atoms with Gasteiger partial charge in [0.25, 0.3) is 5.91 Å². The van der Waals surface area contributed by atoms with E-state index >= 15 is 0 Å². The van der Waals surface area contributed by atoms with Gasteiger partial charge in [0.2, 0.25) is 5.91 Å². The third-order valence-electron chi connectivity index (χ3n) is 6.00. The van der Waals surface area contributed by atoms with Crippen LogP contribution in [0.4, 0.5) is 5.00 Å². The Morgan fingerprint density at radius 2 is 1.85 bits per heavy atom. The molecule has 2 aromatic carbocycles. The molecule has 0 fully saturated rings. The third-order valence-corrected chi connectivity index (χ3v) is 7.20. The van der Waals surface area contributed by atoms with Gasteiger partial charge in [-0.15, -0.1) is 11.3 Å². The topological polar surface area (TPSA) is 86.4 Å². The van der Waals surface area contributed by atoms with Crippen LogP contribution in [0.25, 0.3) is 10.9 Å². The summed E-state index contributed by atoms with van der Waals surface area (Å²) in [6, 6.07) is 17.8. The van der Waals surface area contributed by atoms with Crippen LogP contribution in [0.2, 0.25) is 0 Å². The Labute approximate surface area is 196 Å². The summed E-state index contributed by atoms with van der Waals surface area (Å²) in [6.07, 6.45) is 5.80. The van der Waals surface area contributed by atoms with Crippen LogP contribution in [-0.2, 0) is 30.8 Å². The lowest BCUT2D eigenvalue weighted by molar-refractivity contribution is -0.116. The standard InChI is InChI=1S/C26H25N3O3S/c27-25(31)24-19-9-4-5-12-22(19)33-26(24)28-23(30)15-29-14-13-18-20(29)10-6-11-21(18)32-16-17-7-2-1-3-8-17/h1-3,6-8,10-11,13-14H,4-5,9,12,15-16H2,(H2,27,31)(H,28,30). The highest BCUT2D eigenvalue weighted by Gasteiger charge is 2.25. The summed E-state index contributed by atoms with van der Waals surface area (Å²) in [5.41, 5.74) is 9.16. The molecule has 0 unspecified atom stereocenters. The Morgan fingerprint density at radius 1 is 1.03 bits per heavy atom. The zero-order valence-electron chi connectivity index (χ0n) is 18.2. The predicted molar refractivity (Wildman–Crippen MR) is 131 cm³/mol. The number of aryl methyl sites for hydroxylation is 1. The molecule has 2 aromatic heterocycles. The predicted octanol–water partition coefficient (Wildman–Crippen LogP) is 4.90. The zero-order valence-corrected chi connectivity index (χ0v) is 19.0. The van der Waals surface area contributed by atoms with Crippen LogP contribution in [0, 0.1) is 0 Å². The lowest BCUT2D eigenvalue weighted by Crippen LogP contribution is -2.21. The van der Waals surface area contributed by atoms with Crippen molar-refractivity contribution in [3.63, 3.8) is 0 Å². The van der Waals surface area contributed by atoms with Crippen molar-refractivity contribution in [1.29, 1.82) is 0 Å². The SMILES string of the molecule is NC(=O)c1c(NC(=O)Cn2ccc3c(OCc4ccccc4)cccc32)sc2c1CCCC2. The summed E-state index contributed by atoms with van der Waals surface area (Å²) < 4.78 is 7.93. The number of benzene rings is 2. The second kappa shape index (κ2) is 9.11. The lowest BCUT2D eigenvalue weighted by atomic mass is 9.95. The van der Waals surface area contributed by atoms with Crippen molar-refractivity contribution in [3.8, 4) is 5.75 Å². The van der Waals surface area contributed by atoms with Crippen LogP contribution < -0.4 is 15.8 Å². The van der Waals surface area contributed by atoms with E-state index in [1.807, 2.05) is 65.4 Å². The van der Waals surface area contributed by atoms with Crippen LogP contribution in [-0.4, -0.2) is 16.4 Å².